The van der Waals surface area contributed by atoms with Crippen LogP contribution in [0.25, 0.3) is 11.0 Å². The van der Waals surface area contributed by atoms with Crippen LogP contribution in [-0.4, -0.2) is 55.4 Å². The second-order valence-corrected chi connectivity index (χ2v) is 9.34. The van der Waals surface area contributed by atoms with E-state index in [9.17, 15) is 13.2 Å². The van der Waals surface area contributed by atoms with E-state index in [4.69, 9.17) is 5.73 Å². The number of hydrogen-bond acceptors (Lipinski definition) is 6. The van der Waals surface area contributed by atoms with Crippen LogP contribution in [0.4, 0.5) is 11.4 Å². The van der Waals surface area contributed by atoms with Crippen molar-refractivity contribution in [1.29, 1.82) is 0 Å². The van der Waals surface area contributed by atoms with Crippen molar-refractivity contribution < 1.29 is 13.2 Å². The number of carbonyl (C=O) groups is 1. The summed E-state index contributed by atoms with van der Waals surface area (Å²) in [6, 6.07) is 0.0890. The van der Waals surface area contributed by atoms with Gasteiger partial charge in [-0.15, -0.1) is 12.4 Å². The Morgan fingerprint density at radius 1 is 1.54 bits per heavy atom. The van der Waals surface area contributed by atoms with Gasteiger partial charge in [-0.25, -0.2) is 13.4 Å². The van der Waals surface area contributed by atoms with E-state index >= 15 is 0 Å². The third-order valence-electron chi connectivity index (χ3n) is 4.07. The molecule has 1 saturated heterocycles. The Hall–Kier alpha value is -1.36. The monoisotopic (exact) mass is 465 g/mol. The fourth-order valence-electron chi connectivity index (χ4n) is 3.10. The fourth-order valence-corrected chi connectivity index (χ4v) is 4.20. The van der Waals surface area contributed by atoms with Gasteiger partial charge in [-0.3, -0.25) is 4.79 Å². The first-order chi connectivity index (χ1) is 11.7. The van der Waals surface area contributed by atoms with E-state index in [-0.39, 0.29) is 18.4 Å². The molecule has 3 heterocycles. The number of nitrogens with one attached hydrogen (secondary N) is 2. The predicted octanol–water partition coefficient (Wildman–Crippen LogP) is 1.66. The van der Waals surface area contributed by atoms with E-state index < -0.39 is 21.5 Å². The molecule has 0 aromatic carbocycles. The smallest absolute Gasteiger partial charge is 0.239 e. The van der Waals surface area contributed by atoms with Crippen molar-refractivity contribution in [2.24, 2.45) is 5.73 Å². The van der Waals surface area contributed by atoms with Gasteiger partial charge in [0.1, 0.15) is 11.4 Å². The lowest BCUT2D eigenvalue weighted by molar-refractivity contribution is -0.113. The van der Waals surface area contributed by atoms with Crippen LogP contribution < -0.4 is 16.0 Å². The number of amides is 1. The highest BCUT2D eigenvalue weighted by Gasteiger charge is 2.24. The Morgan fingerprint density at radius 2 is 2.27 bits per heavy atom. The lowest BCUT2D eigenvalue weighted by Crippen LogP contribution is -2.43. The fraction of sp³-hybridized carbons (Fsp3) is 0.467. The quantitative estimate of drug-likeness (QED) is 0.630. The molecule has 0 bridgehead atoms. The maximum Gasteiger partial charge on any atom is 0.239 e. The Balaban J connectivity index is 0.00000243. The molecular weight excluding hydrogens is 446 g/mol. The molecule has 0 saturated carbocycles. The molecule has 3 rings (SSSR count). The highest BCUT2D eigenvalue weighted by molar-refractivity contribution is 9.10. The summed E-state index contributed by atoms with van der Waals surface area (Å²) in [5.41, 5.74) is 8.13. The maximum absolute atomic E-state index is 12.0. The number of pyridine rings is 1. The highest BCUT2D eigenvalue weighted by Crippen LogP contribution is 2.38. The first-order valence-corrected chi connectivity index (χ1v) is 10.7. The first-order valence-electron chi connectivity index (χ1n) is 7.88. The number of hydrogen-bond donors (Lipinski definition) is 3. The topological polar surface area (TPSA) is 121 Å². The molecule has 4 N–H and O–H groups in total. The first kappa shape index (κ1) is 20.9. The summed E-state index contributed by atoms with van der Waals surface area (Å²) >= 11 is 3.54. The van der Waals surface area contributed by atoms with Gasteiger partial charge in [-0.1, -0.05) is 0 Å². The molecule has 0 aliphatic carbocycles. The Bertz CT molecular complexity index is 917. The molecule has 26 heavy (non-hydrogen) atoms. The molecule has 1 fully saturated rings. The molecule has 11 heteroatoms. The minimum absolute atomic E-state index is 0. The predicted molar refractivity (Wildman–Crippen MR) is 109 cm³/mol. The SMILES string of the molecule is CS(=O)(=O)CC(=O)Nc1c[nH]c2ncc(Br)c(N3CCC[C@@H](N)C3)c12.Cl. The minimum atomic E-state index is -3.40. The van der Waals surface area contributed by atoms with Crippen LogP contribution in [-0.2, 0) is 14.6 Å². The van der Waals surface area contributed by atoms with E-state index in [1.165, 1.54) is 0 Å². The Morgan fingerprint density at radius 3 is 2.92 bits per heavy atom. The maximum atomic E-state index is 12.0. The van der Waals surface area contributed by atoms with Crippen LogP contribution in [0.15, 0.2) is 16.9 Å². The van der Waals surface area contributed by atoms with Crippen LogP contribution in [0.3, 0.4) is 0 Å². The number of carbonyl (C=O) groups excluding carboxylic acids is 1. The number of H-pyrrole nitrogens is 1. The second kappa shape index (κ2) is 8.12. The average molecular weight is 467 g/mol. The molecular formula is C15H21BrClN5O3S. The summed E-state index contributed by atoms with van der Waals surface area (Å²) in [7, 11) is -3.40. The number of fused-ring (bicyclic) bond motifs is 1. The summed E-state index contributed by atoms with van der Waals surface area (Å²) in [6.07, 6.45) is 6.32. The lowest BCUT2D eigenvalue weighted by Gasteiger charge is -2.33. The number of nitrogens with two attached hydrogens (primary N) is 1. The third kappa shape index (κ3) is 4.67. The summed E-state index contributed by atoms with van der Waals surface area (Å²) in [5.74, 6) is -1.14. The molecule has 144 valence electrons. The molecule has 8 nitrogen and oxygen atoms in total. The van der Waals surface area contributed by atoms with Gasteiger partial charge in [0, 0.05) is 37.8 Å². The zero-order valence-electron chi connectivity index (χ0n) is 14.2. The summed E-state index contributed by atoms with van der Waals surface area (Å²) in [4.78, 5) is 21.5. The number of nitrogens with zero attached hydrogens (tertiary/aromatic N) is 2. The Kier molecular flexibility index (Phi) is 6.54. The van der Waals surface area contributed by atoms with E-state index in [0.717, 1.165) is 41.2 Å². The van der Waals surface area contributed by atoms with Gasteiger partial charge >= 0.3 is 0 Å². The van der Waals surface area contributed by atoms with Gasteiger partial charge in [-0.2, -0.15) is 0 Å². The minimum Gasteiger partial charge on any atom is -0.368 e. The largest absolute Gasteiger partial charge is 0.368 e. The van der Waals surface area contributed by atoms with Crippen molar-refractivity contribution in [3.05, 3.63) is 16.9 Å². The van der Waals surface area contributed by atoms with E-state index in [0.29, 0.717) is 17.9 Å². The molecule has 0 spiro atoms. The van der Waals surface area contributed by atoms with Gasteiger partial charge in [0.2, 0.25) is 5.91 Å². The summed E-state index contributed by atoms with van der Waals surface area (Å²) in [5, 5.41) is 3.41. The lowest BCUT2D eigenvalue weighted by atomic mass is 10.1. The van der Waals surface area contributed by atoms with E-state index in [1.54, 1.807) is 12.4 Å². The van der Waals surface area contributed by atoms with Gasteiger partial charge in [0.15, 0.2) is 9.84 Å². The zero-order chi connectivity index (χ0) is 18.2. The van der Waals surface area contributed by atoms with Gasteiger partial charge < -0.3 is 20.9 Å². The van der Waals surface area contributed by atoms with Crippen molar-refractivity contribution in [2.75, 3.05) is 35.3 Å². The van der Waals surface area contributed by atoms with Crippen molar-refractivity contribution in [1.82, 2.24) is 9.97 Å². The molecule has 1 aliphatic rings. The van der Waals surface area contributed by atoms with E-state index in [2.05, 4.69) is 36.1 Å². The van der Waals surface area contributed by atoms with E-state index in [1.807, 2.05) is 0 Å². The number of anilines is 2. The Labute approximate surface area is 166 Å². The van der Waals surface area contributed by atoms with Crippen molar-refractivity contribution in [2.45, 2.75) is 18.9 Å². The molecule has 1 amide bonds. The summed E-state index contributed by atoms with van der Waals surface area (Å²) in [6.45, 7) is 1.56. The van der Waals surface area contributed by atoms with Gasteiger partial charge in [-0.05, 0) is 28.8 Å². The number of rotatable bonds is 4. The molecule has 1 aliphatic heterocycles. The van der Waals surface area contributed by atoms with Gasteiger partial charge in [0.05, 0.1) is 21.2 Å². The summed E-state index contributed by atoms with van der Waals surface area (Å²) < 4.78 is 23.5. The number of sulfone groups is 1. The number of aromatic amines is 1. The molecule has 2 aromatic rings. The highest BCUT2D eigenvalue weighted by atomic mass is 79.9. The third-order valence-corrected chi connectivity index (χ3v) is 5.44. The number of piperidine rings is 1. The van der Waals surface area contributed by atoms with Crippen LogP contribution in [0.5, 0.6) is 0 Å². The van der Waals surface area contributed by atoms with Crippen LogP contribution in [0.1, 0.15) is 12.8 Å². The average Bonchev–Trinajstić information content (AvgIpc) is 2.88. The number of aromatic nitrogens is 2. The standard InChI is InChI=1S/C15H20BrN5O3S.ClH/c1-25(23,24)8-12(22)20-11-6-19-15-13(11)14(10(16)5-18-15)21-4-2-3-9(17)7-21;/h5-6,9H,2-4,7-8,17H2,1H3,(H,18,19)(H,20,22);1H/t9-;/m1./s1. The number of halogens is 2. The van der Waals surface area contributed by atoms with Gasteiger partial charge in [0.25, 0.3) is 0 Å². The normalized spacial score (nSPS) is 17.8. The molecule has 1 atom stereocenters. The molecule has 0 unspecified atom stereocenters. The van der Waals surface area contributed by atoms with Crippen molar-refractivity contribution in [3.63, 3.8) is 0 Å². The van der Waals surface area contributed by atoms with Crippen LogP contribution in [0.2, 0.25) is 0 Å². The molecule has 2 aromatic heterocycles. The van der Waals surface area contributed by atoms with Crippen molar-refractivity contribution >= 4 is 66.5 Å². The van der Waals surface area contributed by atoms with Crippen LogP contribution >= 0.6 is 28.3 Å². The van der Waals surface area contributed by atoms with Crippen LogP contribution in [0, 0.1) is 0 Å². The van der Waals surface area contributed by atoms with Crippen molar-refractivity contribution in [3.8, 4) is 0 Å². The second-order valence-electron chi connectivity index (χ2n) is 6.35. The molecule has 0 radical (unpaired) electrons. The zero-order valence-corrected chi connectivity index (χ0v) is 17.4.